The van der Waals surface area contributed by atoms with E-state index in [4.69, 9.17) is 9.47 Å². The van der Waals surface area contributed by atoms with Crippen molar-refractivity contribution in [2.75, 3.05) is 20.8 Å². The van der Waals surface area contributed by atoms with E-state index in [2.05, 4.69) is 15.5 Å². The smallest absolute Gasteiger partial charge is 0.293 e. The fourth-order valence-electron chi connectivity index (χ4n) is 3.17. The van der Waals surface area contributed by atoms with E-state index in [0.29, 0.717) is 35.7 Å². The minimum absolute atomic E-state index is 0.166. The van der Waals surface area contributed by atoms with Crippen LogP contribution >= 0.6 is 11.3 Å². The van der Waals surface area contributed by atoms with Crippen molar-refractivity contribution in [2.45, 2.75) is 13.0 Å². The molecule has 0 bridgehead atoms. The number of methoxy groups -OCH3 is 2. The molecule has 0 aliphatic heterocycles. The average Bonchev–Trinajstić information content (AvgIpc) is 3.45. The molecule has 160 valence electrons. The highest BCUT2D eigenvalue weighted by Crippen LogP contribution is 2.27. The quantitative estimate of drug-likeness (QED) is 0.451. The van der Waals surface area contributed by atoms with Crippen LogP contribution in [0.4, 0.5) is 0 Å². The Hall–Kier alpha value is -3.66. The molecule has 4 rings (SSSR count). The van der Waals surface area contributed by atoms with Gasteiger partial charge in [0.25, 0.3) is 5.56 Å². The van der Waals surface area contributed by atoms with Gasteiger partial charge in [0.2, 0.25) is 5.91 Å². The van der Waals surface area contributed by atoms with Crippen LogP contribution in [0.3, 0.4) is 0 Å². The number of nitrogens with one attached hydrogen (secondary N) is 1. The van der Waals surface area contributed by atoms with Crippen molar-refractivity contribution in [3.05, 3.63) is 64.0 Å². The molecule has 4 aromatic rings. The number of carbonyl (C=O) groups is 1. The van der Waals surface area contributed by atoms with Crippen LogP contribution in [0.15, 0.2) is 52.9 Å². The lowest BCUT2D eigenvalue weighted by Gasteiger charge is -2.10. The number of carbonyl (C=O) groups excluding carboxylic acids is 1. The van der Waals surface area contributed by atoms with Crippen LogP contribution in [0.1, 0.15) is 5.56 Å². The molecule has 0 aliphatic rings. The maximum Gasteiger partial charge on any atom is 0.293 e. The summed E-state index contributed by atoms with van der Waals surface area (Å²) in [7, 11) is 3.16. The highest BCUT2D eigenvalue weighted by atomic mass is 32.1. The maximum absolute atomic E-state index is 12.7. The van der Waals surface area contributed by atoms with Crippen LogP contribution in [0.25, 0.3) is 16.1 Å². The van der Waals surface area contributed by atoms with Gasteiger partial charge in [0.05, 0.1) is 19.1 Å². The first-order valence-electron chi connectivity index (χ1n) is 9.56. The molecule has 10 heteroatoms. The molecule has 0 fully saturated rings. The summed E-state index contributed by atoms with van der Waals surface area (Å²) < 4.78 is 13.1. The molecule has 9 nitrogen and oxygen atoms in total. The number of hydrogen-bond acceptors (Lipinski definition) is 7. The van der Waals surface area contributed by atoms with Crippen LogP contribution in [0, 0.1) is 0 Å². The third kappa shape index (κ3) is 4.43. The van der Waals surface area contributed by atoms with Gasteiger partial charge in [0.1, 0.15) is 24.1 Å². The summed E-state index contributed by atoms with van der Waals surface area (Å²) in [5.41, 5.74) is 1.70. The number of hydrogen-bond donors (Lipinski definition) is 1. The first-order valence-corrected chi connectivity index (χ1v) is 10.4. The fourth-order valence-corrected chi connectivity index (χ4v) is 3.85. The van der Waals surface area contributed by atoms with E-state index in [0.717, 1.165) is 15.1 Å². The fraction of sp³-hybridized carbons (Fsp3) is 0.238. The first-order chi connectivity index (χ1) is 15.1. The van der Waals surface area contributed by atoms with Gasteiger partial charge in [0.15, 0.2) is 11.5 Å². The van der Waals surface area contributed by atoms with Crippen LogP contribution in [-0.4, -0.2) is 46.1 Å². The molecule has 1 amide bonds. The Labute approximate surface area is 181 Å². The van der Waals surface area contributed by atoms with Gasteiger partial charge in [-0.3, -0.25) is 9.59 Å². The van der Waals surface area contributed by atoms with E-state index in [-0.39, 0.29) is 18.0 Å². The van der Waals surface area contributed by atoms with Gasteiger partial charge in [-0.2, -0.15) is 10.2 Å². The van der Waals surface area contributed by atoms with Crippen LogP contribution in [0.5, 0.6) is 11.5 Å². The number of fused-ring (bicyclic) bond motifs is 1. The zero-order chi connectivity index (χ0) is 21.8. The largest absolute Gasteiger partial charge is 0.493 e. The van der Waals surface area contributed by atoms with Crippen LogP contribution < -0.4 is 20.3 Å². The molecule has 0 unspecified atom stereocenters. The molecule has 31 heavy (non-hydrogen) atoms. The van der Waals surface area contributed by atoms with Crippen molar-refractivity contribution in [3.63, 3.8) is 0 Å². The number of ether oxygens (including phenoxy) is 2. The SMILES string of the molecule is COc1ccc(CCNC(=O)Cn2ncn3nc(-c4cccs4)cc3c2=O)cc1OC. The number of amides is 1. The molecular weight excluding hydrogens is 418 g/mol. The van der Waals surface area contributed by atoms with E-state index in [1.54, 1.807) is 20.3 Å². The van der Waals surface area contributed by atoms with Gasteiger partial charge < -0.3 is 14.8 Å². The van der Waals surface area contributed by atoms with Crippen molar-refractivity contribution in [2.24, 2.45) is 0 Å². The molecule has 0 spiro atoms. The lowest BCUT2D eigenvalue weighted by molar-refractivity contribution is -0.121. The van der Waals surface area contributed by atoms with Gasteiger partial charge in [0, 0.05) is 6.54 Å². The zero-order valence-corrected chi connectivity index (χ0v) is 17.9. The van der Waals surface area contributed by atoms with E-state index >= 15 is 0 Å². The van der Waals surface area contributed by atoms with E-state index in [1.165, 1.54) is 22.2 Å². The summed E-state index contributed by atoms with van der Waals surface area (Å²) in [5.74, 6) is 0.994. The van der Waals surface area contributed by atoms with Crippen LogP contribution in [0.2, 0.25) is 0 Å². The molecular formula is C21H21N5O4S. The predicted molar refractivity (Wildman–Crippen MR) is 117 cm³/mol. The Morgan fingerprint density at radius 1 is 1.16 bits per heavy atom. The van der Waals surface area contributed by atoms with E-state index < -0.39 is 0 Å². The minimum Gasteiger partial charge on any atom is -0.493 e. The second-order valence-corrected chi connectivity index (χ2v) is 7.67. The second kappa shape index (κ2) is 9.00. The standard InChI is InChI=1S/C21H21N5O4S/c1-29-17-6-5-14(10-18(17)30-2)7-8-22-20(27)12-25-21(28)16-11-15(19-4-3-9-31-19)24-26(16)13-23-25/h3-6,9-11,13H,7-8,12H2,1-2H3,(H,22,27). The van der Waals surface area contributed by atoms with Crippen molar-refractivity contribution in [1.82, 2.24) is 24.7 Å². The summed E-state index contributed by atoms with van der Waals surface area (Å²) >= 11 is 1.54. The molecule has 0 radical (unpaired) electrons. The lowest BCUT2D eigenvalue weighted by atomic mass is 10.1. The van der Waals surface area contributed by atoms with Crippen molar-refractivity contribution in [1.29, 1.82) is 0 Å². The summed E-state index contributed by atoms with van der Waals surface area (Å²) in [6.07, 6.45) is 2.05. The van der Waals surface area contributed by atoms with E-state index in [1.807, 2.05) is 35.7 Å². The molecule has 1 N–H and O–H groups in total. The maximum atomic E-state index is 12.7. The van der Waals surface area contributed by atoms with Gasteiger partial charge >= 0.3 is 0 Å². The molecule has 1 aromatic carbocycles. The lowest BCUT2D eigenvalue weighted by Crippen LogP contribution is -2.35. The summed E-state index contributed by atoms with van der Waals surface area (Å²) in [6, 6.07) is 11.2. The topological polar surface area (TPSA) is 99.8 Å². The highest BCUT2D eigenvalue weighted by Gasteiger charge is 2.13. The second-order valence-electron chi connectivity index (χ2n) is 6.72. The number of rotatable bonds is 8. The van der Waals surface area contributed by atoms with E-state index in [9.17, 15) is 9.59 Å². The highest BCUT2D eigenvalue weighted by molar-refractivity contribution is 7.13. The van der Waals surface area contributed by atoms with Crippen LogP contribution in [-0.2, 0) is 17.8 Å². The molecule has 0 saturated carbocycles. The number of nitrogens with zero attached hydrogens (tertiary/aromatic N) is 4. The minimum atomic E-state index is -0.368. The normalized spacial score (nSPS) is 10.9. The third-order valence-electron chi connectivity index (χ3n) is 4.74. The molecule has 0 atom stereocenters. The average molecular weight is 439 g/mol. The van der Waals surface area contributed by atoms with Gasteiger partial charge in [-0.05, 0) is 41.6 Å². The Kier molecular flexibility index (Phi) is 5.99. The Morgan fingerprint density at radius 3 is 2.74 bits per heavy atom. The zero-order valence-electron chi connectivity index (χ0n) is 17.1. The van der Waals surface area contributed by atoms with Gasteiger partial charge in [-0.1, -0.05) is 12.1 Å². The third-order valence-corrected chi connectivity index (χ3v) is 5.63. The van der Waals surface area contributed by atoms with Crippen molar-refractivity contribution >= 4 is 22.8 Å². The molecule has 3 aromatic heterocycles. The number of benzene rings is 1. The molecule has 0 saturated heterocycles. The van der Waals surface area contributed by atoms with Gasteiger partial charge in [-0.15, -0.1) is 11.3 Å². The monoisotopic (exact) mass is 439 g/mol. The Morgan fingerprint density at radius 2 is 2.00 bits per heavy atom. The number of aromatic nitrogens is 4. The van der Waals surface area contributed by atoms with Gasteiger partial charge in [-0.25, -0.2) is 9.20 Å². The summed E-state index contributed by atoms with van der Waals surface area (Å²) in [6.45, 7) is 0.251. The van der Waals surface area contributed by atoms with Crippen molar-refractivity contribution < 1.29 is 14.3 Å². The Bertz CT molecular complexity index is 1260. The summed E-state index contributed by atoms with van der Waals surface area (Å²) in [5, 5.41) is 13.2. The summed E-state index contributed by atoms with van der Waals surface area (Å²) in [4.78, 5) is 26.0. The Balaban J connectivity index is 1.39. The molecule has 3 heterocycles. The first kappa shape index (κ1) is 20.6. The molecule has 0 aliphatic carbocycles. The van der Waals surface area contributed by atoms with Crippen molar-refractivity contribution in [3.8, 4) is 22.1 Å². The predicted octanol–water partition coefficient (Wildman–Crippen LogP) is 2.00. The number of thiophene rings is 1.